The lowest BCUT2D eigenvalue weighted by molar-refractivity contribution is -0.152. The Balaban J connectivity index is 1.43. The standard InChI is InChI=1S/C28H29F2N5O5/c1-14-8-17(35-24(38)33-22(36)21(34-35)32-25(39)40-26(3,4)5)9-15(2)18(14)10-16-6-7-20-19(11-16)27(23(37)31-20)12-28(29,30)13-27/h6-9,11H,10,12-13H2,1-5H3,(H,31,37)(H,32,34,39)(H,33,36,38). The van der Waals surface area contributed by atoms with Crippen molar-refractivity contribution in [3.05, 3.63) is 79.0 Å². The number of nitrogens with zero attached hydrogens (tertiary/aromatic N) is 2. The predicted molar refractivity (Wildman–Crippen MR) is 144 cm³/mol. The number of benzene rings is 2. The number of anilines is 2. The number of halogens is 2. The van der Waals surface area contributed by atoms with Gasteiger partial charge in [0.2, 0.25) is 11.7 Å². The molecule has 1 saturated carbocycles. The van der Waals surface area contributed by atoms with Gasteiger partial charge in [-0.3, -0.25) is 19.9 Å². The Labute approximate surface area is 227 Å². The van der Waals surface area contributed by atoms with E-state index in [1.54, 1.807) is 39.0 Å². The molecular formula is C28H29F2N5O5. The van der Waals surface area contributed by atoms with Crippen molar-refractivity contribution in [3.8, 4) is 5.69 Å². The Morgan fingerprint density at radius 2 is 1.75 bits per heavy atom. The van der Waals surface area contributed by atoms with Crippen LogP contribution in [0, 0.1) is 13.8 Å². The van der Waals surface area contributed by atoms with E-state index in [0.29, 0.717) is 23.4 Å². The number of nitrogens with one attached hydrogen (secondary N) is 3. The highest BCUT2D eigenvalue weighted by molar-refractivity contribution is 6.07. The molecule has 0 bridgehead atoms. The van der Waals surface area contributed by atoms with Crippen LogP contribution in [0.2, 0.25) is 0 Å². The second-order valence-electron chi connectivity index (χ2n) is 11.5. The van der Waals surface area contributed by atoms with E-state index in [9.17, 15) is 28.0 Å². The number of carbonyl (C=O) groups excluding carboxylic acids is 2. The van der Waals surface area contributed by atoms with E-state index < -0.39 is 52.9 Å². The lowest BCUT2D eigenvalue weighted by atomic mass is 9.62. The highest BCUT2D eigenvalue weighted by Gasteiger charge is 2.64. The number of H-pyrrole nitrogens is 1. The Bertz CT molecular complexity index is 1650. The van der Waals surface area contributed by atoms with Gasteiger partial charge in [-0.2, -0.15) is 4.68 Å². The fraction of sp³-hybridized carbons (Fsp3) is 0.393. The summed E-state index contributed by atoms with van der Waals surface area (Å²) < 4.78 is 33.7. The fourth-order valence-electron chi connectivity index (χ4n) is 5.39. The molecule has 0 unspecified atom stereocenters. The van der Waals surface area contributed by atoms with E-state index in [0.717, 1.165) is 26.9 Å². The molecule has 10 nitrogen and oxygen atoms in total. The first-order valence-corrected chi connectivity index (χ1v) is 12.7. The van der Waals surface area contributed by atoms with Crippen LogP contribution in [0.15, 0.2) is 39.9 Å². The largest absolute Gasteiger partial charge is 0.444 e. The molecule has 1 fully saturated rings. The Hall–Kier alpha value is -4.35. The Kier molecular flexibility index (Phi) is 6.20. The number of hydrogen-bond acceptors (Lipinski definition) is 6. The minimum atomic E-state index is -2.85. The maximum absolute atomic E-state index is 13.8. The molecule has 1 aliphatic carbocycles. The van der Waals surface area contributed by atoms with Gasteiger partial charge in [0.25, 0.3) is 11.5 Å². The van der Waals surface area contributed by atoms with E-state index in [1.807, 2.05) is 26.0 Å². The fourth-order valence-corrected chi connectivity index (χ4v) is 5.39. The summed E-state index contributed by atoms with van der Waals surface area (Å²) in [5.41, 5.74) is 1.31. The molecule has 0 atom stereocenters. The third-order valence-electron chi connectivity index (χ3n) is 7.16. The summed E-state index contributed by atoms with van der Waals surface area (Å²) in [4.78, 5) is 51.7. The van der Waals surface area contributed by atoms with E-state index in [2.05, 4.69) is 20.7 Å². The average molecular weight is 554 g/mol. The first-order chi connectivity index (χ1) is 18.6. The van der Waals surface area contributed by atoms with Crippen molar-refractivity contribution in [1.29, 1.82) is 0 Å². The van der Waals surface area contributed by atoms with Crippen LogP contribution in [0.25, 0.3) is 5.69 Å². The van der Waals surface area contributed by atoms with Gasteiger partial charge in [0, 0.05) is 18.5 Å². The zero-order valence-electron chi connectivity index (χ0n) is 22.7. The van der Waals surface area contributed by atoms with Gasteiger partial charge in [0.05, 0.1) is 11.1 Å². The smallest absolute Gasteiger partial charge is 0.413 e. The Morgan fingerprint density at radius 3 is 2.35 bits per heavy atom. The number of hydrogen-bond donors (Lipinski definition) is 3. The lowest BCUT2D eigenvalue weighted by Gasteiger charge is -2.43. The molecule has 2 heterocycles. The molecule has 1 aromatic heterocycles. The molecule has 2 amide bonds. The minimum Gasteiger partial charge on any atom is -0.444 e. The van der Waals surface area contributed by atoms with E-state index in [-0.39, 0.29) is 5.91 Å². The third-order valence-corrected chi connectivity index (χ3v) is 7.16. The number of amides is 2. The van der Waals surface area contributed by atoms with Crippen molar-refractivity contribution in [2.24, 2.45) is 0 Å². The van der Waals surface area contributed by atoms with Gasteiger partial charge >= 0.3 is 11.8 Å². The quantitative estimate of drug-likeness (QED) is 0.445. The van der Waals surface area contributed by atoms with Crippen LogP contribution < -0.4 is 21.9 Å². The van der Waals surface area contributed by atoms with Crippen molar-refractivity contribution < 1.29 is 23.1 Å². The monoisotopic (exact) mass is 553 g/mol. The molecule has 210 valence electrons. The van der Waals surface area contributed by atoms with Crippen LogP contribution in [-0.2, 0) is 21.4 Å². The molecule has 1 spiro atoms. The number of aromatic amines is 1. The highest BCUT2D eigenvalue weighted by atomic mass is 19.3. The van der Waals surface area contributed by atoms with Gasteiger partial charge in [0.1, 0.15) is 5.60 Å². The first kappa shape index (κ1) is 27.2. The molecule has 3 N–H and O–H groups in total. The second-order valence-corrected chi connectivity index (χ2v) is 11.5. The lowest BCUT2D eigenvalue weighted by Crippen LogP contribution is -2.53. The molecule has 40 heavy (non-hydrogen) atoms. The molecule has 0 saturated heterocycles. The van der Waals surface area contributed by atoms with Crippen molar-refractivity contribution in [2.75, 3.05) is 10.6 Å². The summed E-state index contributed by atoms with van der Waals surface area (Å²) in [7, 11) is 0. The molecule has 0 radical (unpaired) electrons. The molecule has 5 rings (SSSR count). The van der Waals surface area contributed by atoms with Crippen molar-refractivity contribution >= 4 is 23.5 Å². The van der Waals surface area contributed by atoms with Crippen LogP contribution in [0.4, 0.5) is 25.1 Å². The Morgan fingerprint density at radius 1 is 1.10 bits per heavy atom. The van der Waals surface area contributed by atoms with E-state index >= 15 is 0 Å². The number of ether oxygens (including phenoxy) is 1. The zero-order chi connectivity index (χ0) is 29.2. The third kappa shape index (κ3) is 4.89. The van der Waals surface area contributed by atoms with Crippen LogP contribution in [-0.4, -0.2) is 38.3 Å². The van der Waals surface area contributed by atoms with Crippen LogP contribution in [0.3, 0.4) is 0 Å². The summed E-state index contributed by atoms with van der Waals surface area (Å²) in [5, 5.41) is 9.05. The van der Waals surface area contributed by atoms with E-state index in [1.165, 1.54) is 0 Å². The molecule has 3 aromatic rings. The molecule has 12 heteroatoms. The first-order valence-electron chi connectivity index (χ1n) is 12.7. The SMILES string of the molecule is Cc1cc(-n2nc(NC(=O)OC(C)(C)C)c(=O)[nH]c2=O)cc(C)c1Cc1ccc2c(c1)C1(CC(F)(F)C1)C(=O)N2. The highest BCUT2D eigenvalue weighted by Crippen LogP contribution is 2.58. The van der Waals surface area contributed by atoms with E-state index in [4.69, 9.17) is 4.74 Å². The number of fused-ring (bicyclic) bond motifs is 2. The van der Waals surface area contributed by atoms with Gasteiger partial charge in [-0.05, 0) is 87.1 Å². The zero-order valence-corrected chi connectivity index (χ0v) is 22.7. The minimum absolute atomic E-state index is 0.367. The predicted octanol–water partition coefficient (Wildman–Crippen LogP) is 4.09. The normalized spacial score (nSPS) is 16.7. The molecule has 1 aliphatic heterocycles. The maximum atomic E-state index is 13.8. The summed E-state index contributed by atoms with van der Waals surface area (Å²) in [5.74, 6) is -3.64. The van der Waals surface area contributed by atoms with Gasteiger partial charge in [-0.1, -0.05) is 12.1 Å². The van der Waals surface area contributed by atoms with Crippen molar-refractivity contribution in [1.82, 2.24) is 14.8 Å². The van der Waals surface area contributed by atoms with Crippen molar-refractivity contribution in [3.63, 3.8) is 0 Å². The topological polar surface area (TPSA) is 135 Å². The van der Waals surface area contributed by atoms with Crippen LogP contribution >= 0.6 is 0 Å². The molecular weight excluding hydrogens is 524 g/mol. The van der Waals surface area contributed by atoms with Gasteiger partial charge in [-0.15, -0.1) is 5.10 Å². The average Bonchev–Trinajstić information content (AvgIpc) is 3.07. The summed E-state index contributed by atoms with van der Waals surface area (Å²) in [6.45, 7) is 8.72. The van der Waals surface area contributed by atoms with Crippen LogP contribution in [0.1, 0.15) is 61.4 Å². The van der Waals surface area contributed by atoms with Gasteiger partial charge in [0.15, 0.2) is 0 Å². The second kappa shape index (κ2) is 9.10. The number of alkyl halides is 2. The van der Waals surface area contributed by atoms with Gasteiger partial charge < -0.3 is 10.1 Å². The number of carbonyl (C=O) groups is 2. The summed E-state index contributed by atoms with van der Waals surface area (Å²) in [6, 6.07) is 8.86. The molecule has 2 aliphatic rings. The summed E-state index contributed by atoms with van der Waals surface area (Å²) in [6.07, 6.45) is -1.43. The summed E-state index contributed by atoms with van der Waals surface area (Å²) >= 11 is 0. The number of rotatable bonds is 4. The van der Waals surface area contributed by atoms with Crippen LogP contribution in [0.5, 0.6) is 0 Å². The maximum Gasteiger partial charge on any atom is 0.413 e. The number of aryl methyl sites for hydroxylation is 2. The van der Waals surface area contributed by atoms with Gasteiger partial charge in [-0.25, -0.2) is 18.4 Å². The number of aromatic nitrogens is 3. The molecule has 2 aromatic carbocycles. The van der Waals surface area contributed by atoms with Crippen molar-refractivity contribution in [2.45, 2.75) is 70.8 Å².